The van der Waals surface area contributed by atoms with Crippen LogP contribution in [0.3, 0.4) is 0 Å². The van der Waals surface area contributed by atoms with E-state index >= 15 is 0 Å². The summed E-state index contributed by atoms with van der Waals surface area (Å²) in [5.41, 5.74) is 2.73. The molecule has 6 heteroatoms. The molecular formula is C24H16Cl2O4. The first-order chi connectivity index (χ1) is 14.4. The average molecular weight is 439 g/mol. The van der Waals surface area contributed by atoms with Crippen LogP contribution in [0, 0.1) is 13.8 Å². The Morgan fingerprint density at radius 2 is 1.67 bits per heavy atom. The van der Waals surface area contributed by atoms with Crippen molar-refractivity contribution in [1.29, 1.82) is 0 Å². The van der Waals surface area contributed by atoms with Gasteiger partial charge in [0, 0.05) is 21.2 Å². The van der Waals surface area contributed by atoms with Gasteiger partial charge in [0.05, 0.1) is 11.1 Å². The zero-order valence-electron chi connectivity index (χ0n) is 16.2. The van der Waals surface area contributed by atoms with Crippen LogP contribution in [0.4, 0.5) is 0 Å². The number of benzene rings is 3. The summed E-state index contributed by atoms with van der Waals surface area (Å²) in [6.07, 6.45) is 1.52. The highest BCUT2D eigenvalue weighted by Crippen LogP contribution is 2.40. The Labute approximate surface area is 183 Å². The van der Waals surface area contributed by atoms with E-state index < -0.39 is 5.97 Å². The smallest absolute Gasteiger partial charge is 0.343 e. The van der Waals surface area contributed by atoms with Gasteiger partial charge in [-0.05, 0) is 55.8 Å². The lowest BCUT2D eigenvalue weighted by Gasteiger charge is -2.11. The molecule has 0 fully saturated rings. The summed E-state index contributed by atoms with van der Waals surface area (Å²) in [7, 11) is 0. The zero-order chi connectivity index (χ0) is 21.4. The fraction of sp³-hybridized carbons (Fsp3) is 0.0833. The summed E-state index contributed by atoms with van der Waals surface area (Å²) in [6, 6.07) is 15.4. The highest BCUT2D eigenvalue weighted by molar-refractivity contribution is 6.37. The van der Waals surface area contributed by atoms with Gasteiger partial charge in [0.2, 0.25) is 5.78 Å². The number of rotatable bonds is 3. The summed E-state index contributed by atoms with van der Waals surface area (Å²) in [5.74, 6) is 0.0155. The first-order valence-electron chi connectivity index (χ1n) is 9.16. The van der Waals surface area contributed by atoms with E-state index in [9.17, 15) is 9.59 Å². The van der Waals surface area contributed by atoms with E-state index in [0.717, 1.165) is 5.56 Å². The van der Waals surface area contributed by atoms with E-state index in [2.05, 4.69) is 0 Å². The maximum absolute atomic E-state index is 12.8. The predicted octanol–water partition coefficient (Wildman–Crippen LogP) is 6.45. The molecule has 0 spiro atoms. The minimum absolute atomic E-state index is 0.102. The molecular weight excluding hydrogens is 423 g/mol. The first-order valence-corrected chi connectivity index (χ1v) is 9.92. The van der Waals surface area contributed by atoms with Crippen LogP contribution in [-0.2, 0) is 0 Å². The zero-order valence-corrected chi connectivity index (χ0v) is 17.7. The summed E-state index contributed by atoms with van der Waals surface area (Å²) in [5, 5.41) is 0.818. The molecule has 150 valence electrons. The normalized spacial score (nSPS) is 13.9. The number of carbonyl (C=O) groups is 2. The molecule has 0 unspecified atom stereocenters. The van der Waals surface area contributed by atoms with Gasteiger partial charge in [0.1, 0.15) is 11.5 Å². The van der Waals surface area contributed by atoms with Crippen molar-refractivity contribution in [2.75, 3.05) is 0 Å². The largest absolute Gasteiger partial charge is 0.452 e. The Morgan fingerprint density at radius 1 is 0.967 bits per heavy atom. The molecule has 0 aliphatic carbocycles. The third-order valence-corrected chi connectivity index (χ3v) is 5.54. The first kappa shape index (κ1) is 20.2. The highest BCUT2D eigenvalue weighted by Gasteiger charge is 2.31. The molecule has 3 aromatic rings. The number of aryl methyl sites for hydroxylation is 1. The second-order valence-electron chi connectivity index (χ2n) is 6.84. The van der Waals surface area contributed by atoms with Gasteiger partial charge in [0.25, 0.3) is 0 Å². The van der Waals surface area contributed by atoms with Crippen LogP contribution in [0.15, 0.2) is 60.4 Å². The molecule has 0 N–H and O–H groups in total. The van der Waals surface area contributed by atoms with Crippen LogP contribution in [0.2, 0.25) is 10.0 Å². The van der Waals surface area contributed by atoms with E-state index in [-0.39, 0.29) is 11.5 Å². The van der Waals surface area contributed by atoms with E-state index in [1.807, 2.05) is 19.1 Å². The molecule has 30 heavy (non-hydrogen) atoms. The van der Waals surface area contributed by atoms with Crippen LogP contribution >= 0.6 is 23.2 Å². The molecule has 0 aromatic heterocycles. The van der Waals surface area contributed by atoms with Crippen molar-refractivity contribution in [3.8, 4) is 11.5 Å². The van der Waals surface area contributed by atoms with Crippen molar-refractivity contribution in [2.24, 2.45) is 0 Å². The molecule has 0 bridgehead atoms. The standard InChI is InChI=1S/C24H16Cl2O4/c1-13-6-3-4-7-15(13)24(28)30-20-11-10-16-22(27)21(29-23(16)14(20)2)12-17-18(25)8-5-9-19(17)26/h3-12H,1-2H3/b21-12-. The molecule has 0 atom stereocenters. The van der Waals surface area contributed by atoms with Gasteiger partial charge >= 0.3 is 5.97 Å². The molecule has 0 amide bonds. The minimum Gasteiger partial charge on any atom is -0.452 e. The Hall–Kier alpha value is -3.08. The van der Waals surface area contributed by atoms with Crippen LogP contribution in [0.1, 0.15) is 37.4 Å². The maximum atomic E-state index is 12.8. The van der Waals surface area contributed by atoms with Gasteiger partial charge in [0.15, 0.2) is 5.76 Å². The molecule has 4 rings (SSSR count). The topological polar surface area (TPSA) is 52.6 Å². The maximum Gasteiger partial charge on any atom is 0.343 e. The molecule has 4 nitrogen and oxygen atoms in total. The molecule has 1 aliphatic heterocycles. The van der Waals surface area contributed by atoms with Crippen LogP contribution in [-0.4, -0.2) is 11.8 Å². The van der Waals surface area contributed by atoms with Crippen LogP contribution in [0.25, 0.3) is 6.08 Å². The fourth-order valence-corrected chi connectivity index (χ4v) is 3.72. The third-order valence-electron chi connectivity index (χ3n) is 4.88. The Kier molecular flexibility index (Phi) is 5.37. The number of carbonyl (C=O) groups excluding carboxylic acids is 2. The number of fused-ring (bicyclic) bond motifs is 1. The second kappa shape index (κ2) is 7.98. The number of allylic oxidation sites excluding steroid dienone is 1. The number of esters is 1. The average Bonchev–Trinajstić information content (AvgIpc) is 3.03. The van der Waals surface area contributed by atoms with Crippen molar-refractivity contribution in [3.63, 3.8) is 0 Å². The summed E-state index contributed by atoms with van der Waals surface area (Å²) >= 11 is 12.4. The molecule has 3 aromatic carbocycles. The van der Waals surface area contributed by atoms with E-state index in [0.29, 0.717) is 43.8 Å². The highest BCUT2D eigenvalue weighted by atomic mass is 35.5. The van der Waals surface area contributed by atoms with E-state index in [1.54, 1.807) is 49.4 Å². The molecule has 0 saturated heterocycles. The minimum atomic E-state index is -0.473. The quantitative estimate of drug-likeness (QED) is 0.268. The lowest BCUT2D eigenvalue weighted by Crippen LogP contribution is -2.11. The van der Waals surface area contributed by atoms with Gasteiger partial charge < -0.3 is 9.47 Å². The number of Topliss-reactive ketones (excluding diaryl/α,β-unsaturated/α-hetero) is 1. The second-order valence-corrected chi connectivity index (χ2v) is 7.66. The fourth-order valence-electron chi connectivity index (χ4n) is 3.22. The number of halogens is 2. The Bertz CT molecular complexity index is 1210. The monoisotopic (exact) mass is 438 g/mol. The molecule has 1 heterocycles. The van der Waals surface area contributed by atoms with E-state index in [1.165, 1.54) is 6.08 Å². The number of hydrogen-bond acceptors (Lipinski definition) is 4. The van der Waals surface area contributed by atoms with Gasteiger partial charge in [-0.2, -0.15) is 0 Å². The number of ketones is 1. The SMILES string of the molecule is Cc1ccccc1C(=O)Oc1ccc2c(c1C)O/C(=C\c1c(Cl)cccc1Cl)C2=O. The molecule has 1 aliphatic rings. The van der Waals surface area contributed by atoms with Crippen molar-refractivity contribution >= 4 is 41.0 Å². The number of ether oxygens (including phenoxy) is 2. The van der Waals surface area contributed by atoms with Crippen molar-refractivity contribution < 1.29 is 19.1 Å². The summed E-state index contributed by atoms with van der Waals surface area (Å²) in [6.45, 7) is 3.57. The number of hydrogen-bond donors (Lipinski definition) is 0. The van der Waals surface area contributed by atoms with Crippen molar-refractivity contribution in [2.45, 2.75) is 13.8 Å². The lowest BCUT2D eigenvalue weighted by molar-refractivity contribution is 0.0732. The Morgan fingerprint density at radius 3 is 2.37 bits per heavy atom. The van der Waals surface area contributed by atoms with Crippen LogP contribution < -0.4 is 9.47 Å². The van der Waals surface area contributed by atoms with Gasteiger partial charge in [-0.25, -0.2) is 4.79 Å². The summed E-state index contributed by atoms with van der Waals surface area (Å²) in [4.78, 5) is 25.3. The molecule has 0 radical (unpaired) electrons. The van der Waals surface area contributed by atoms with Crippen molar-refractivity contribution in [1.82, 2.24) is 0 Å². The lowest BCUT2D eigenvalue weighted by atomic mass is 10.1. The van der Waals surface area contributed by atoms with Gasteiger partial charge in [-0.3, -0.25) is 4.79 Å². The third kappa shape index (κ3) is 3.60. The summed E-state index contributed by atoms with van der Waals surface area (Å²) < 4.78 is 11.4. The Balaban J connectivity index is 1.66. The van der Waals surface area contributed by atoms with Gasteiger partial charge in [-0.15, -0.1) is 0 Å². The van der Waals surface area contributed by atoms with Crippen molar-refractivity contribution in [3.05, 3.63) is 98.2 Å². The van der Waals surface area contributed by atoms with Crippen LogP contribution in [0.5, 0.6) is 11.5 Å². The van der Waals surface area contributed by atoms with E-state index in [4.69, 9.17) is 32.7 Å². The van der Waals surface area contributed by atoms with Gasteiger partial charge in [-0.1, -0.05) is 47.5 Å². The predicted molar refractivity (Wildman–Crippen MR) is 117 cm³/mol. The molecule has 0 saturated carbocycles.